The van der Waals surface area contributed by atoms with Gasteiger partial charge in [-0.1, -0.05) is 0 Å². The van der Waals surface area contributed by atoms with Crippen LogP contribution in [0.25, 0.3) is 0 Å². The van der Waals surface area contributed by atoms with E-state index in [9.17, 15) is 13.2 Å². The summed E-state index contributed by atoms with van der Waals surface area (Å²) in [5.41, 5.74) is 0. The fraction of sp³-hybridized carbons (Fsp3) is 0.929. The zero-order valence-electron chi connectivity index (χ0n) is 12.1. The van der Waals surface area contributed by atoms with E-state index in [-0.39, 0.29) is 23.0 Å². The molecule has 0 aromatic heterocycles. The first-order chi connectivity index (χ1) is 9.47. The third-order valence-corrected chi connectivity index (χ3v) is 7.22. The molecule has 0 aromatic carbocycles. The highest BCUT2D eigenvalue weighted by Gasteiger charge is 2.43. The van der Waals surface area contributed by atoms with Gasteiger partial charge < -0.3 is 9.80 Å². The maximum Gasteiger partial charge on any atom is 0.219 e. The van der Waals surface area contributed by atoms with Gasteiger partial charge in [0.25, 0.3) is 0 Å². The molecule has 0 unspecified atom stereocenters. The Morgan fingerprint density at radius 2 is 1.80 bits per heavy atom. The minimum Gasteiger partial charge on any atom is -0.338 e. The number of nitrogens with zero attached hydrogens (tertiary/aromatic N) is 2. The number of fused-ring (bicyclic) bond motifs is 1. The summed E-state index contributed by atoms with van der Waals surface area (Å²) in [5, 5.41) is -0.343. The van der Waals surface area contributed by atoms with Crippen LogP contribution in [0.4, 0.5) is 0 Å². The molecule has 5 nitrogen and oxygen atoms in total. The summed E-state index contributed by atoms with van der Waals surface area (Å²) in [6, 6.07) is -0.101. The Labute approximate surface area is 121 Å². The molecule has 114 valence electrons. The highest BCUT2D eigenvalue weighted by molar-refractivity contribution is 7.92. The summed E-state index contributed by atoms with van der Waals surface area (Å²) in [5.74, 6) is 0.984. The molecule has 1 amide bonds. The van der Waals surface area contributed by atoms with Crippen LogP contribution in [0.1, 0.15) is 32.6 Å². The van der Waals surface area contributed by atoms with E-state index in [1.165, 1.54) is 12.8 Å². The number of carbonyl (C=O) groups excluding carboxylic acids is 1. The summed E-state index contributed by atoms with van der Waals surface area (Å²) >= 11 is 0. The fourth-order valence-electron chi connectivity index (χ4n) is 3.67. The number of carbonyl (C=O) groups is 1. The first-order valence-electron chi connectivity index (χ1n) is 7.68. The van der Waals surface area contributed by atoms with E-state index in [0.29, 0.717) is 13.0 Å². The van der Waals surface area contributed by atoms with E-state index >= 15 is 0 Å². The predicted molar refractivity (Wildman–Crippen MR) is 77.1 cm³/mol. The van der Waals surface area contributed by atoms with E-state index < -0.39 is 9.84 Å². The van der Waals surface area contributed by atoms with Gasteiger partial charge in [0.1, 0.15) is 0 Å². The van der Waals surface area contributed by atoms with E-state index in [2.05, 4.69) is 4.90 Å². The minimum absolute atomic E-state index is 0.0190. The number of hydrogen-bond donors (Lipinski definition) is 0. The van der Waals surface area contributed by atoms with Crippen molar-refractivity contribution in [1.29, 1.82) is 0 Å². The minimum atomic E-state index is -3.03. The lowest BCUT2D eigenvalue weighted by molar-refractivity contribution is -0.131. The highest BCUT2D eigenvalue weighted by atomic mass is 32.2. The van der Waals surface area contributed by atoms with Crippen LogP contribution in [0, 0.1) is 5.92 Å². The Hall–Kier alpha value is -0.620. The molecule has 0 spiro atoms. The van der Waals surface area contributed by atoms with Gasteiger partial charge in [-0.25, -0.2) is 8.42 Å². The molecule has 0 radical (unpaired) electrons. The second-order valence-electron chi connectivity index (χ2n) is 6.51. The number of amides is 1. The van der Waals surface area contributed by atoms with Gasteiger partial charge in [-0.05, 0) is 38.1 Å². The van der Waals surface area contributed by atoms with Crippen LogP contribution in [0.3, 0.4) is 0 Å². The first kappa shape index (κ1) is 14.3. The summed E-state index contributed by atoms with van der Waals surface area (Å²) in [4.78, 5) is 16.0. The third-order valence-electron chi connectivity index (χ3n) is 5.00. The van der Waals surface area contributed by atoms with Gasteiger partial charge >= 0.3 is 0 Å². The fourth-order valence-corrected chi connectivity index (χ4v) is 5.65. The molecule has 20 heavy (non-hydrogen) atoms. The Morgan fingerprint density at radius 1 is 1.10 bits per heavy atom. The van der Waals surface area contributed by atoms with Gasteiger partial charge in [0, 0.05) is 32.6 Å². The molecule has 2 saturated heterocycles. The van der Waals surface area contributed by atoms with Crippen molar-refractivity contribution < 1.29 is 13.2 Å². The lowest BCUT2D eigenvalue weighted by Crippen LogP contribution is -2.56. The molecule has 0 N–H and O–H groups in total. The van der Waals surface area contributed by atoms with Crippen molar-refractivity contribution in [3.05, 3.63) is 0 Å². The van der Waals surface area contributed by atoms with E-state index in [1.54, 1.807) is 11.8 Å². The largest absolute Gasteiger partial charge is 0.338 e. The smallest absolute Gasteiger partial charge is 0.219 e. The topological polar surface area (TPSA) is 57.7 Å². The van der Waals surface area contributed by atoms with Crippen LogP contribution in [0.2, 0.25) is 0 Å². The van der Waals surface area contributed by atoms with Crippen LogP contribution < -0.4 is 0 Å². The average molecular weight is 300 g/mol. The maximum atomic E-state index is 12.3. The van der Waals surface area contributed by atoms with Gasteiger partial charge in [-0.15, -0.1) is 0 Å². The van der Waals surface area contributed by atoms with E-state index in [1.807, 2.05) is 0 Å². The normalized spacial score (nSPS) is 34.4. The Morgan fingerprint density at radius 3 is 2.45 bits per heavy atom. The zero-order valence-corrected chi connectivity index (χ0v) is 12.9. The van der Waals surface area contributed by atoms with Gasteiger partial charge in [0.05, 0.1) is 11.0 Å². The lowest BCUT2D eigenvalue weighted by Gasteiger charge is -2.39. The second-order valence-corrected chi connectivity index (χ2v) is 8.85. The summed E-state index contributed by atoms with van der Waals surface area (Å²) < 4.78 is 24.6. The molecule has 1 aliphatic carbocycles. The molecule has 0 bridgehead atoms. The molecule has 3 rings (SSSR count). The number of sulfone groups is 1. The summed E-state index contributed by atoms with van der Waals surface area (Å²) in [6.07, 6.45) is 4.13. The van der Waals surface area contributed by atoms with Crippen molar-refractivity contribution in [2.45, 2.75) is 43.9 Å². The number of likely N-dealkylation sites (tertiary alicyclic amines) is 1. The Kier molecular flexibility index (Phi) is 3.79. The number of rotatable bonds is 2. The summed E-state index contributed by atoms with van der Waals surface area (Å²) in [6.45, 7) is 4.84. The van der Waals surface area contributed by atoms with Crippen LogP contribution in [-0.2, 0) is 14.6 Å². The molecule has 2 heterocycles. The van der Waals surface area contributed by atoms with Gasteiger partial charge in [-0.2, -0.15) is 0 Å². The SMILES string of the molecule is CC(=O)N1CCS(=O)(=O)[C@H]2CCN(CC3CC3)CC[C@@H]21. The van der Waals surface area contributed by atoms with Crippen molar-refractivity contribution in [2.75, 3.05) is 31.9 Å². The lowest BCUT2D eigenvalue weighted by atomic mass is 10.1. The van der Waals surface area contributed by atoms with Crippen LogP contribution in [0.5, 0.6) is 0 Å². The van der Waals surface area contributed by atoms with Crippen LogP contribution in [0.15, 0.2) is 0 Å². The summed E-state index contributed by atoms with van der Waals surface area (Å²) in [7, 11) is -3.03. The average Bonchev–Trinajstić information content (AvgIpc) is 3.17. The second kappa shape index (κ2) is 5.30. The third kappa shape index (κ3) is 2.86. The predicted octanol–water partition coefficient (Wildman–Crippen LogP) is 0.506. The van der Waals surface area contributed by atoms with Crippen molar-refractivity contribution in [1.82, 2.24) is 9.80 Å². The standard InChI is InChI=1S/C14H24N2O3S/c1-11(17)16-8-9-20(18,19)14-5-7-15(6-4-13(14)16)10-12-2-3-12/h12-14H,2-10H2,1H3/t13-,14-/m0/s1. The molecule has 6 heteroatoms. The van der Waals surface area contributed by atoms with Crippen LogP contribution in [-0.4, -0.2) is 67.3 Å². The Balaban J connectivity index is 1.76. The Bertz CT molecular complexity index is 487. The monoisotopic (exact) mass is 300 g/mol. The molecule has 2 atom stereocenters. The van der Waals surface area contributed by atoms with Gasteiger partial charge in [0.15, 0.2) is 9.84 Å². The zero-order chi connectivity index (χ0) is 14.3. The molecule has 1 saturated carbocycles. The molecule has 3 fully saturated rings. The molecular weight excluding hydrogens is 276 g/mol. The molecule has 0 aromatic rings. The first-order valence-corrected chi connectivity index (χ1v) is 9.40. The maximum absolute atomic E-state index is 12.3. The van der Waals surface area contributed by atoms with Crippen molar-refractivity contribution in [3.63, 3.8) is 0 Å². The van der Waals surface area contributed by atoms with Crippen molar-refractivity contribution >= 4 is 15.7 Å². The van der Waals surface area contributed by atoms with Gasteiger partial charge in [-0.3, -0.25) is 4.79 Å². The van der Waals surface area contributed by atoms with Crippen molar-refractivity contribution in [3.8, 4) is 0 Å². The molecular formula is C14H24N2O3S. The van der Waals surface area contributed by atoms with E-state index in [4.69, 9.17) is 0 Å². The highest BCUT2D eigenvalue weighted by Crippen LogP contribution is 2.32. The van der Waals surface area contributed by atoms with Crippen molar-refractivity contribution in [2.24, 2.45) is 5.92 Å². The van der Waals surface area contributed by atoms with E-state index in [0.717, 1.165) is 32.0 Å². The molecule has 2 aliphatic heterocycles. The van der Waals surface area contributed by atoms with Gasteiger partial charge in [0.2, 0.25) is 5.91 Å². The number of hydrogen-bond acceptors (Lipinski definition) is 4. The van der Waals surface area contributed by atoms with Crippen LogP contribution >= 0.6 is 0 Å². The molecule has 3 aliphatic rings. The quantitative estimate of drug-likeness (QED) is 0.745.